The maximum absolute atomic E-state index is 7.39. The molecule has 6 heteroatoms. The van der Waals surface area contributed by atoms with Gasteiger partial charge in [0.1, 0.15) is 5.84 Å². The van der Waals surface area contributed by atoms with Gasteiger partial charge in [0.15, 0.2) is 0 Å². The highest BCUT2D eigenvalue weighted by Gasteiger charge is 2.04. The number of allylic oxidation sites excluding steroid dienone is 2. The largest absolute Gasteiger partial charge is 0.384 e. The van der Waals surface area contributed by atoms with E-state index in [-0.39, 0.29) is 11.9 Å². The molecule has 0 saturated carbocycles. The first-order valence-corrected chi connectivity index (χ1v) is 8.00. The highest BCUT2D eigenvalue weighted by molar-refractivity contribution is 5.97. The molecule has 23 heavy (non-hydrogen) atoms. The number of nitrogens with two attached hydrogens (primary N) is 1. The number of nitrogens with one attached hydrogen (secondary N) is 1. The zero-order valence-electron chi connectivity index (χ0n) is 13.8. The molecule has 1 rings (SSSR count). The van der Waals surface area contributed by atoms with Crippen molar-refractivity contribution < 1.29 is 18.9 Å². The van der Waals surface area contributed by atoms with Crippen molar-refractivity contribution in [1.82, 2.24) is 0 Å². The molecule has 1 unspecified atom stereocenters. The van der Waals surface area contributed by atoms with Crippen molar-refractivity contribution in [2.75, 3.05) is 46.2 Å². The van der Waals surface area contributed by atoms with Crippen molar-refractivity contribution in [3.05, 3.63) is 36.0 Å². The summed E-state index contributed by atoms with van der Waals surface area (Å²) in [5.74, 6) is 0.0509. The lowest BCUT2D eigenvalue weighted by Crippen LogP contribution is -2.15. The SMILES string of the molecule is CCCOCCOCCOCCOC1C=CC=C(C(=N)N)C=C1. The molecule has 130 valence electrons. The molecule has 0 aromatic rings. The third-order valence-electron chi connectivity index (χ3n) is 2.98. The van der Waals surface area contributed by atoms with Crippen LogP contribution in [0.3, 0.4) is 0 Å². The number of ether oxygens (including phenoxy) is 4. The molecule has 0 aliphatic heterocycles. The Morgan fingerprint density at radius 3 is 2.22 bits per heavy atom. The normalized spacial score (nSPS) is 17.1. The van der Waals surface area contributed by atoms with Crippen molar-refractivity contribution in [2.24, 2.45) is 5.73 Å². The van der Waals surface area contributed by atoms with E-state index in [1.54, 1.807) is 12.2 Å². The molecular weight excluding hydrogens is 296 g/mol. The summed E-state index contributed by atoms with van der Waals surface area (Å²) in [7, 11) is 0. The monoisotopic (exact) mass is 324 g/mol. The average Bonchev–Trinajstić information content (AvgIpc) is 2.78. The Morgan fingerprint density at radius 2 is 1.61 bits per heavy atom. The molecule has 1 atom stereocenters. The summed E-state index contributed by atoms with van der Waals surface area (Å²) in [5.41, 5.74) is 6.13. The molecule has 0 amide bonds. The molecule has 3 N–H and O–H groups in total. The van der Waals surface area contributed by atoms with Gasteiger partial charge in [-0.3, -0.25) is 5.41 Å². The Bertz CT molecular complexity index is 419. The highest BCUT2D eigenvalue weighted by atomic mass is 16.6. The third-order valence-corrected chi connectivity index (χ3v) is 2.98. The minimum Gasteiger partial charge on any atom is -0.384 e. The quantitative estimate of drug-likeness (QED) is 0.306. The Kier molecular flexibility index (Phi) is 11.1. The molecule has 1 aliphatic carbocycles. The fourth-order valence-electron chi connectivity index (χ4n) is 1.81. The minimum atomic E-state index is -0.126. The van der Waals surface area contributed by atoms with E-state index in [1.807, 2.05) is 18.2 Å². The highest BCUT2D eigenvalue weighted by Crippen LogP contribution is 2.07. The molecule has 0 aromatic heterocycles. The first-order chi connectivity index (χ1) is 11.2. The van der Waals surface area contributed by atoms with Crippen molar-refractivity contribution in [1.29, 1.82) is 5.41 Å². The van der Waals surface area contributed by atoms with Crippen molar-refractivity contribution in [3.8, 4) is 0 Å². The van der Waals surface area contributed by atoms with Crippen LogP contribution in [0.4, 0.5) is 0 Å². The molecular formula is C17H28N2O4. The van der Waals surface area contributed by atoms with Crippen LogP contribution in [0.25, 0.3) is 0 Å². The Labute approximate surface area is 138 Å². The second kappa shape index (κ2) is 13.0. The van der Waals surface area contributed by atoms with E-state index in [0.29, 0.717) is 45.2 Å². The summed E-state index contributed by atoms with van der Waals surface area (Å²) in [6, 6.07) is 0. The molecule has 0 fully saturated rings. The summed E-state index contributed by atoms with van der Waals surface area (Å²) in [4.78, 5) is 0. The summed E-state index contributed by atoms with van der Waals surface area (Å²) >= 11 is 0. The van der Waals surface area contributed by atoms with Gasteiger partial charge in [0, 0.05) is 12.2 Å². The molecule has 1 aliphatic rings. The van der Waals surface area contributed by atoms with Crippen LogP contribution in [0, 0.1) is 5.41 Å². The molecule has 0 radical (unpaired) electrons. The second-order valence-corrected chi connectivity index (χ2v) is 4.95. The van der Waals surface area contributed by atoms with Crippen LogP contribution >= 0.6 is 0 Å². The van der Waals surface area contributed by atoms with Crippen LogP contribution in [0.5, 0.6) is 0 Å². The van der Waals surface area contributed by atoms with E-state index in [9.17, 15) is 0 Å². The van der Waals surface area contributed by atoms with Crippen molar-refractivity contribution >= 4 is 5.84 Å². The Balaban J connectivity index is 1.96. The first kappa shape index (κ1) is 19.6. The zero-order chi connectivity index (χ0) is 16.8. The fraction of sp³-hybridized carbons (Fsp3) is 0.588. The number of amidine groups is 1. The van der Waals surface area contributed by atoms with E-state index in [4.69, 9.17) is 30.1 Å². The molecule has 0 spiro atoms. The minimum absolute atomic E-state index is 0.0509. The van der Waals surface area contributed by atoms with Crippen LogP contribution in [-0.4, -0.2) is 58.2 Å². The van der Waals surface area contributed by atoms with Gasteiger partial charge < -0.3 is 24.7 Å². The summed E-state index contributed by atoms with van der Waals surface area (Å²) in [5, 5.41) is 7.39. The molecule has 0 saturated heterocycles. The second-order valence-electron chi connectivity index (χ2n) is 4.95. The van der Waals surface area contributed by atoms with Crippen molar-refractivity contribution in [2.45, 2.75) is 19.4 Å². The number of hydrogen-bond acceptors (Lipinski definition) is 5. The van der Waals surface area contributed by atoms with Crippen LogP contribution < -0.4 is 5.73 Å². The topological polar surface area (TPSA) is 86.8 Å². The fourth-order valence-corrected chi connectivity index (χ4v) is 1.81. The summed E-state index contributed by atoms with van der Waals surface area (Å²) in [6.07, 6.45) is 10.1. The smallest absolute Gasteiger partial charge is 0.122 e. The standard InChI is InChI=1S/C17H28N2O4/c1-2-8-20-9-10-21-11-12-22-13-14-23-16-5-3-4-15(6-7-16)17(18)19/h3-7,16H,2,8-14H2,1H3,(H3,18,19). The van der Waals surface area contributed by atoms with Gasteiger partial charge in [0.05, 0.1) is 45.7 Å². The van der Waals surface area contributed by atoms with Gasteiger partial charge in [-0.2, -0.15) is 0 Å². The van der Waals surface area contributed by atoms with Gasteiger partial charge in [-0.25, -0.2) is 0 Å². The van der Waals surface area contributed by atoms with Gasteiger partial charge in [-0.05, 0) is 6.42 Å². The molecule has 0 aromatic carbocycles. The predicted octanol–water partition coefficient (Wildman–Crippen LogP) is 1.82. The Hall–Kier alpha value is -1.47. The summed E-state index contributed by atoms with van der Waals surface area (Å²) < 4.78 is 21.8. The van der Waals surface area contributed by atoms with Gasteiger partial charge >= 0.3 is 0 Å². The lowest BCUT2D eigenvalue weighted by Gasteiger charge is -2.10. The zero-order valence-corrected chi connectivity index (χ0v) is 13.8. The maximum Gasteiger partial charge on any atom is 0.122 e. The van der Waals surface area contributed by atoms with Crippen LogP contribution in [0.15, 0.2) is 36.0 Å². The van der Waals surface area contributed by atoms with Crippen molar-refractivity contribution in [3.63, 3.8) is 0 Å². The van der Waals surface area contributed by atoms with Crippen LogP contribution in [0.2, 0.25) is 0 Å². The molecule has 6 nitrogen and oxygen atoms in total. The molecule has 0 bridgehead atoms. The van der Waals surface area contributed by atoms with E-state index in [2.05, 4.69) is 6.92 Å². The van der Waals surface area contributed by atoms with Crippen LogP contribution in [0.1, 0.15) is 13.3 Å². The van der Waals surface area contributed by atoms with E-state index in [0.717, 1.165) is 13.0 Å². The third kappa shape index (κ3) is 10.0. The summed E-state index contributed by atoms with van der Waals surface area (Å²) in [6.45, 7) is 6.21. The predicted molar refractivity (Wildman–Crippen MR) is 90.8 cm³/mol. The van der Waals surface area contributed by atoms with Gasteiger partial charge in [-0.1, -0.05) is 37.3 Å². The van der Waals surface area contributed by atoms with E-state index >= 15 is 0 Å². The van der Waals surface area contributed by atoms with Crippen LogP contribution in [-0.2, 0) is 18.9 Å². The lowest BCUT2D eigenvalue weighted by molar-refractivity contribution is -0.00468. The molecule has 0 heterocycles. The van der Waals surface area contributed by atoms with Gasteiger partial charge in [-0.15, -0.1) is 0 Å². The number of hydrogen-bond donors (Lipinski definition) is 2. The van der Waals surface area contributed by atoms with Gasteiger partial charge in [0.25, 0.3) is 0 Å². The van der Waals surface area contributed by atoms with E-state index in [1.165, 1.54) is 0 Å². The average molecular weight is 324 g/mol. The first-order valence-electron chi connectivity index (χ1n) is 8.00. The van der Waals surface area contributed by atoms with E-state index < -0.39 is 0 Å². The number of rotatable bonds is 13. The van der Waals surface area contributed by atoms with Gasteiger partial charge in [0.2, 0.25) is 0 Å². The Morgan fingerprint density at radius 1 is 1.00 bits per heavy atom. The maximum atomic E-state index is 7.39. The lowest BCUT2D eigenvalue weighted by atomic mass is 10.2.